The van der Waals surface area contributed by atoms with Crippen molar-refractivity contribution in [2.45, 2.75) is 19.9 Å². The predicted octanol–water partition coefficient (Wildman–Crippen LogP) is 2.20. The summed E-state index contributed by atoms with van der Waals surface area (Å²) in [7, 11) is 1.87. The molecule has 100 valence electrons. The highest BCUT2D eigenvalue weighted by Crippen LogP contribution is 2.24. The number of rotatable bonds is 4. The van der Waals surface area contributed by atoms with E-state index in [2.05, 4.69) is 15.5 Å². The summed E-state index contributed by atoms with van der Waals surface area (Å²) in [5.74, 6) is 0.802. The Bertz CT molecular complexity index is 608. The zero-order valence-electron chi connectivity index (χ0n) is 11.0. The maximum absolute atomic E-state index is 10.8. The van der Waals surface area contributed by atoms with E-state index < -0.39 is 0 Å². The van der Waals surface area contributed by atoms with Gasteiger partial charge in [0.25, 0.3) is 5.69 Å². The van der Waals surface area contributed by atoms with Gasteiger partial charge in [-0.2, -0.15) is 0 Å². The third-order valence-corrected chi connectivity index (χ3v) is 2.91. The van der Waals surface area contributed by atoms with Crippen LogP contribution < -0.4 is 5.32 Å². The molecule has 1 unspecified atom stereocenters. The van der Waals surface area contributed by atoms with Crippen molar-refractivity contribution >= 4 is 11.4 Å². The van der Waals surface area contributed by atoms with Gasteiger partial charge in [0, 0.05) is 24.4 Å². The molecule has 0 amide bonds. The Morgan fingerprint density at radius 1 is 1.47 bits per heavy atom. The van der Waals surface area contributed by atoms with E-state index in [0.717, 1.165) is 11.5 Å². The van der Waals surface area contributed by atoms with Gasteiger partial charge in [0.2, 0.25) is 0 Å². The molecule has 0 saturated heterocycles. The van der Waals surface area contributed by atoms with Crippen LogP contribution in [0.3, 0.4) is 0 Å². The second-order valence-corrected chi connectivity index (χ2v) is 4.42. The Kier molecular flexibility index (Phi) is 3.46. The summed E-state index contributed by atoms with van der Waals surface area (Å²) in [6, 6.07) is 4.91. The third-order valence-electron chi connectivity index (χ3n) is 2.91. The number of aryl methyl sites for hydroxylation is 2. The molecule has 2 aromatic rings. The topological polar surface area (TPSA) is 85.9 Å². The molecule has 0 spiro atoms. The predicted molar refractivity (Wildman–Crippen MR) is 70.9 cm³/mol. The number of nitrogens with one attached hydrogen (secondary N) is 1. The molecule has 0 saturated carbocycles. The van der Waals surface area contributed by atoms with Crippen molar-refractivity contribution < 1.29 is 4.92 Å². The minimum Gasteiger partial charge on any atom is -0.375 e. The molecule has 1 N–H and O–H groups in total. The largest absolute Gasteiger partial charge is 0.375 e. The maximum Gasteiger partial charge on any atom is 0.272 e. The number of nitro benzene ring substituents is 1. The minimum atomic E-state index is -0.384. The molecule has 0 fully saturated rings. The molecule has 19 heavy (non-hydrogen) atoms. The van der Waals surface area contributed by atoms with Gasteiger partial charge in [0.1, 0.15) is 6.33 Å². The summed E-state index contributed by atoms with van der Waals surface area (Å²) in [5.41, 5.74) is 1.57. The normalized spacial score (nSPS) is 12.2. The fourth-order valence-corrected chi connectivity index (χ4v) is 1.95. The molecular formula is C12H15N5O2. The van der Waals surface area contributed by atoms with Crippen molar-refractivity contribution in [2.24, 2.45) is 7.05 Å². The van der Waals surface area contributed by atoms with Crippen molar-refractivity contribution in [1.82, 2.24) is 14.8 Å². The van der Waals surface area contributed by atoms with Crippen molar-refractivity contribution in [2.75, 3.05) is 5.32 Å². The lowest BCUT2D eigenvalue weighted by molar-refractivity contribution is -0.385. The van der Waals surface area contributed by atoms with Gasteiger partial charge >= 0.3 is 0 Å². The fourth-order valence-electron chi connectivity index (χ4n) is 1.95. The number of nitro groups is 1. The monoisotopic (exact) mass is 261 g/mol. The molecule has 7 nitrogen and oxygen atoms in total. The molecule has 0 bridgehead atoms. The van der Waals surface area contributed by atoms with Gasteiger partial charge in [-0.3, -0.25) is 10.1 Å². The highest BCUT2D eigenvalue weighted by atomic mass is 16.6. The van der Waals surface area contributed by atoms with Gasteiger partial charge in [-0.15, -0.1) is 10.2 Å². The van der Waals surface area contributed by atoms with E-state index in [-0.39, 0.29) is 16.7 Å². The molecule has 0 aliphatic rings. The van der Waals surface area contributed by atoms with Crippen LogP contribution in [0.5, 0.6) is 0 Å². The number of hydrogen-bond acceptors (Lipinski definition) is 5. The van der Waals surface area contributed by atoms with Gasteiger partial charge in [-0.05, 0) is 26.0 Å². The Morgan fingerprint density at radius 2 is 2.21 bits per heavy atom. The van der Waals surface area contributed by atoms with Crippen LogP contribution in [0, 0.1) is 17.0 Å². The summed E-state index contributed by atoms with van der Waals surface area (Å²) in [6.45, 7) is 3.68. The molecule has 1 heterocycles. The SMILES string of the molecule is Cc1cc(NC(C)c2nncn2C)ccc1[N+](=O)[O-]. The summed E-state index contributed by atoms with van der Waals surface area (Å²) in [5, 5.41) is 21.8. The zero-order valence-corrected chi connectivity index (χ0v) is 11.0. The first-order valence-corrected chi connectivity index (χ1v) is 5.84. The first kappa shape index (κ1) is 13.0. The van der Waals surface area contributed by atoms with Crippen LogP contribution in [-0.4, -0.2) is 19.7 Å². The number of benzene rings is 1. The summed E-state index contributed by atoms with van der Waals surface area (Å²) < 4.78 is 1.83. The van der Waals surface area contributed by atoms with E-state index in [1.54, 1.807) is 25.4 Å². The maximum atomic E-state index is 10.8. The second-order valence-electron chi connectivity index (χ2n) is 4.42. The second kappa shape index (κ2) is 5.05. The number of aromatic nitrogens is 3. The van der Waals surface area contributed by atoms with E-state index in [4.69, 9.17) is 0 Å². The lowest BCUT2D eigenvalue weighted by atomic mass is 10.1. The highest BCUT2D eigenvalue weighted by molar-refractivity contribution is 5.54. The van der Waals surface area contributed by atoms with Crippen molar-refractivity contribution in [1.29, 1.82) is 0 Å². The average molecular weight is 261 g/mol. The molecule has 0 aliphatic carbocycles. The van der Waals surface area contributed by atoms with E-state index in [0.29, 0.717) is 5.56 Å². The molecule has 2 rings (SSSR count). The lowest BCUT2D eigenvalue weighted by Gasteiger charge is -2.14. The zero-order chi connectivity index (χ0) is 14.0. The van der Waals surface area contributed by atoms with Crippen LogP contribution in [-0.2, 0) is 7.05 Å². The summed E-state index contributed by atoms with van der Waals surface area (Å²) in [6.07, 6.45) is 1.63. The van der Waals surface area contributed by atoms with Crippen LogP contribution in [0.4, 0.5) is 11.4 Å². The van der Waals surface area contributed by atoms with Gasteiger partial charge < -0.3 is 9.88 Å². The number of hydrogen-bond donors (Lipinski definition) is 1. The van der Waals surface area contributed by atoms with E-state index in [1.807, 2.05) is 18.5 Å². The number of anilines is 1. The third kappa shape index (κ3) is 2.70. The van der Waals surface area contributed by atoms with E-state index >= 15 is 0 Å². The first-order valence-electron chi connectivity index (χ1n) is 5.84. The van der Waals surface area contributed by atoms with Gasteiger partial charge in [-0.25, -0.2) is 0 Å². The van der Waals surface area contributed by atoms with Crippen LogP contribution in [0.25, 0.3) is 0 Å². The van der Waals surface area contributed by atoms with Crippen LogP contribution >= 0.6 is 0 Å². The Morgan fingerprint density at radius 3 is 2.74 bits per heavy atom. The van der Waals surface area contributed by atoms with Crippen molar-refractivity contribution in [3.63, 3.8) is 0 Å². The molecular weight excluding hydrogens is 246 g/mol. The fraction of sp³-hybridized carbons (Fsp3) is 0.333. The minimum absolute atomic E-state index is 0.0339. The standard InChI is InChI=1S/C12H15N5O2/c1-8-6-10(4-5-11(8)17(18)19)14-9(2)12-15-13-7-16(12)3/h4-7,9,14H,1-3H3. The molecule has 0 radical (unpaired) electrons. The smallest absolute Gasteiger partial charge is 0.272 e. The van der Waals surface area contributed by atoms with Gasteiger partial charge in [0.15, 0.2) is 5.82 Å². The Labute approximate surface area is 110 Å². The average Bonchev–Trinajstić information content (AvgIpc) is 2.75. The van der Waals surface area contributed by atoms with Crippen LogP contribution in [0.15, 0.2) is 24.5 Å². The quantitative estimate of drug-likeness (QED) is 0.673. The molecule has 1 atom stereocenters. The van der Waals surface area contributed by atoms with Crippen LogP contribution in [0.1, 0.15) is 24.4 Å². The number of nitrogens with zero attached hydrogens (tertiary/aromatic N) is 4. The Hall–Kier alpha value is -2.44. The first-order chi connectivity index (χ1) is 8.99. The molecule has 0 aliphatic heterocycles. The van der Waals surface area contributed by atoms with E-state index in [1.165, 1.54) is 6.07 Å². The molecule has 1 aromatic heterocycles. The Balaban J connectivity index is 2.18. The van der Waals surface area contributed by atoms with Crippen LogP contribution in [0.2, 0.25) is 0 Å². The molecule has 1 aromatic carbocycles. The summed E-state index contributed by atoms with van der Waals surface area (Å²) in [4.78, 5) is 10.4. The highest BCUT2D eigenvalue weighted by Gasteiger charge is 2.14. The van der Waals surface area contributed by atoms with Gasteiger partial charge in [-0.1, -0.05) is 0 Å². The van der Waals surface area contributed by atoms with Crippen molar-refractivity contribution in [3.8, 4) is 0 Å². The van der Waals surface area contributed by atoms with E-state index in [9.17, 15) is 10.1 Å². The van der Waals surface area contributed by atoms with Crippen molar-refractivity contribution in [3.05, 3.63) is 46.0 Å². The molecule has 7 heteroatoms. The lowest BCUT2D eigenvalue weighted by Crippen LogP contribution is -2.12. The summed E-state index contributed by atoms with van der Waals surface area (Å²) >= 11 is 0. The van der Waals surface area contributed by atoms with Gasteiger partial charge in [0.05, 0.1) is 11.0 Å².